The van der Waals surface area contributed by atoms with Crippen LogP contribution in [0.25, 0.3) is 0 Å². The van der Waals surface area contributed by atoms with E-state index in [0.717, 1.165) is 6.54 Å². The third-order valence-corrected chi connectivity index (χ3v) is 2.78. The second-order valence-corrected chi connectivity index (χ2v) is 3.85. The Bertz CT molecular complexity index is 381. The smallest absolute Gasteiger partial charge is 0.270 e. The molecule has 1 saturated heterocycles. The first kappa shape index (κ1) is 11.0. The van der Waals surface area contributed by atoms with Crippen LogP contribution in [0.15, 0.2) is 12.3 Å². The van der Waals surface area contributed by atoms with E-state index in [9.17, 15) is 4.79 Å². The van der Waals surface area contributed by atoms with Crippen LogP contribution in [0.2, 0.25) is 0 Å². The highest BCUT2D eigenvalue weighted by atomic mass is 16.5. The first-order valence-electron chi connectivity index (χ1n) is 5.55. The van der Waals surface area contributed by atoms with Crippen molar-refractivity contribution in [3.8, 4) is 0 Å². The molecule has 1 amide bonds. The average molecular weight is 223 g/mol. The van der Waals surface area contributed by atoms with Crippen molar-refractivity contribution < 1.29 is 9.53 Å². The molecule has 88 valence electrons. The lowest BCUT2D eigenvalue weighted by Gasteiger charge is -2.27. The van der Waals surface area contributed by atoms with E-state index in [-0.39, 0.29) is 5.91 Å². The first-order chi connectivity index (χ1) is 7.72. The second-order valence-electron chi connectivity index (χ2n) is 3.85. The Morgan fingerprint density at radius 2 is 2.19 bits per heavy atom. The molecule has 2 rings (SSSR count). The number of nitrogens with zero attached hydrogens (tertiary/aromatic N) is 2. The summed E-state index contributed by atoms with van der Waals surface area (Å²) >= 11 is 0. The fourth-order valence-electron chi connectivity index (χ4n) is 1.90. The molecule has 5 heteroatoms. The van der Waals surface area contributed by atoms with Crippen molar-refractivity contribution in [2.24, 2.45) is 0 Å². The molecule has 1 fully saturated rings. The summed E-state index contributed by atoms with van der Waals surface area (Å²) in [7, 11) is 0. The van der Waals surface area contributed by atoms with Gasteiger partial charge in [-0.2, -0.15) is 0 Å². The molecule has 1 aromatic rings. The maximum Gasteiger partial charge on any atom is 0.270 e. The van der Waals surface area contributed by atoms with E-state index >= 15 is 0 Å². The van der Waals surface area contributed by atoms with Gasteiger partial charge in [0, 0.05) is 25.8 Å². The zero-order chi connectivity index (χ0) is 11.5. The van der Waals surface area contributed by atoms with E-state index in [1.54, 1.807) is 12.3 Å². The van der Waals surface area contributed by atoms with Crippen LogP contribution in [-0.4, -0.2) is 41.7 Å². The first-order valence-corrected chi connectivity index (χ1v) is 5.55. The van der Waals surface area contributed by atoms with Crippen molar-refractivity contribution in [3.63, 3.8) is 0 Å². The predicted octanol–water partition coefficient (Wildman–Crippen LogP) is 0.563. The van der Waals surface area contributed by atoms with Gasteiger partial charge in [0.15, 0.2) is 0 Å². The van der Waals surface area contributed by atoms with Crippen molar-refractivity contribution in [1.29, 1.82) is 0 Å². The van der Waals surface area contributed by atoms with E-state index in [0.29, 0.717) is 37.7 Å². The van der Waals surface area contributed by atoms with Gasteiger partial charge in [-0.3, -0.25) is 4.79 Å². The van der Waals surface area contributed by atoms with Gasteiger partial charge >= 0.3 is 0 Å². The minimum Gasteiger partial charge on any atom is -0.397 e. The molecule has 0 radical (unpaired) electrons. The minimum atomic E-state index is 0.0434. The van der Waals surface area contributed by atoms with Crippen LogP contribution in [0.5, 0.6) is 0 Å². The fourth-order valence-corrected chi connectivity index (χ4v) is 1.90. The second kappa shape index (κ2) is 4.57. The average Bonchev–Trinajstić information content (AvgIpc) is 2.70. The Morgan fingerprint density at radius 3 is 2.81 bits per heavy atom. The van der Waals surface area contributed by atoms with E-state index in [2.05, 4.69) is 0 Å². The molecule has 1 aliphatic heterocycles. The molecule has 5 nitrogen and oxygen atoms in total. The van der Waals surface area contributed by atoms with Crippen LogP contribution in [-0.2, 0) is 11.3 Å². The number of anilines is 1. The number of nitrogens with two attached hydrogens (primary N) is 1. The van der Waals surface area contributed by atoms with Crippen LogP contribution in [0.3, 0.4) is 0 Å². The lowest BCUT2D eigenvalue weighted by molar-refractivity contribution is 0.0296. The number of rotatable bonds is 2. The number of carbonyl (C=O) groups is 1. The van der Waals surface area contributed by atoms with E-state index in [1.807, 2.05) is 16.4 Å². The van der Waals surface area contributed by atoms with Gasteiger partial charge in [0.2, 0.25) is 0 Å². The zero-order valence-electron chi connectivity index (χ0n) is 9.48. The third-order valence-electron chi connectivity index (χ3n) is 2.78. The molecule has 0 spiro atoms. The number of amides is 1. The van der Waals surface area contributed by atoms with Gasteiger partial charge in [0.05, 0.1) is 18.9 Å². The maximum atomic E-state index is 12.2. The van der Waals surface area contributed by atoms with Gasteiger partial charge in [-0.05, 0) is 13.0 Å². The zero-order valence-corrected chi connectivity index (χ0v) is 9.48. The minimum absolute atomic E-state index is 0.0434. The standard InChI is InChI=1S/C11H17N3O2/c1-2-13-8-9(12)7-10(13)11(15)14-3-5-16-6-4-14/h7-8H,2-6,12H2,1H3. The van der Waals surface area contributed by atoms with Gasteiger partial charge in [-0.25, -0.2) is 0 Å². The number of morpholine rings is 1. The topological polar surface area (TPSA) is 60.5 Å². The molecule has 1 aliphatic rings. The highest BCUT2D eigenvalue weighted by Crippen LogP contribution is 2.14. The maximum absolute atomic E-state index is 12.2. The van der Waals surface area contributed by atoms with Crippen molar-refractivity contribution in [1.82, 2.24) is 9.47 Å². The Balaban J connectivity index is 2.18. The highest BCUT2D eigenvalue weighted by Gasteiger charge is 2.21. The van der Waals surface area contributed by atoms with Gasteiger partial charge in [0.1, 0.15) is 5.69 Å². The van der Waals surface area contributed by atoms with Crippen molar-refractivity contribution in [3.05, 3.63) is 18.0 Å². The summed E-state index contributed by atoms with van der Waals surface area (Å²) in [6.45, 7) is 5.31. The van der Waals surface area contributed by atoms with Gasteiger partial charge < -0.3 is 19.9 Å². The normalized spacial score (nSPS) is 16.4. The van der Waals surface area contributed by atoms with Crippen LogP contribution in [0, 0.1) is 0 Å². The summed E-state index contributed by atoms with van der Waals surface area (Å²) in [5.41, 5.74) is 7.01. The SMILES string of the molecule is CCn1cc(N)cc1C(=O)N1CCOCC1. The highest BCUT2D eigenvalue weighted by molar-refractivity contribution is 5.93. The Kier molecular flexibility index (Phi) is 3.14. The number of ether oxygens (including phenoxy) is 1. The summed E-state index contributed by atoms with van der Waals surface area (Å²) in [5.74, 6) is 0.0434. The van der Waals surface area contributed by atoms with Crippen molar-refractivity contribution >= 4 is 11.6 Å². The number of aromatic nitrogens is 1. The van der Waals surface area contributed by atoms with E-state index in [4.69, 9.17) is 10.5 Å². The van der Waals surface area contributed by atoms with E-state index < -0.39 is 0 Å². The molecule has 0 bridgehead atoms. The summed E-state index contributed by atoms with van der Waals surface area (Å²) < 4.78 is 7.10. The van der Waals surface area contributed by atoms with Crippen LogP contribution >= 0.6 is 0 Å². The number of carbonyl (C=O) groups excluding carboxylic acids is 1. The summed E-state index contributed by atoms with van der Waals surface area (Å²) in [5, 5.41) is 0. The fraction of sp³-hybridized carbons (Fsp3) is 0.545. The van der Waals surface area contributed by atoms with Crippen molar-refractivity contribution in [2.45, 2.75) is 13.5 Å². The summed E-state index contributed by atoms with van der Waals surface area (Å²) in [4.78, 5) is 14.0. The Labute approximate surface area is 94.8 Å². The molecule has 0 aromatic carbocycles. The molecule has 2 N–H and O–H groups in total. The number of aryl methyl sites for hydroxylation is 1. The number of nitrogen functional groups attached to an aromatic ring is 1. The van der Waals surface area contributed by atoms with E-state index in [1.165, 1.54) is 0 Å². The van der Waals surface area contributed by atoms with Gasteiger partial charge in [-0.15, -0.1) is 0 Å². The molecule has 2 heterocycles. The molecular weight excluding hydrogens is 206 g/mol. The van der Waals surface area contributed by atoms with Gasteiger partial charge in [-0.1, -0.05) is 0 Å². The lowest BCUT2D eigenvalue weighted by Crippen LogP contribution is -2.41. The van der Waals surface area contributed by atoms with Crippen LogP contribution in [0.4, 0.5) is 5.69 Å². The number of hydrogen-bond donors (Lipinski definition) is 1. The van der Waals surface area contributed by atoms with Crippen molar-refractivity contribution in [2.75, 3.05) is 32.0 Å². The Morgan fingerprint density at radius 1 is 1.50 bits per heavy atom. The lowest BCUT2D eigenvalue weighted by atomic mass is 10.3. The monoisotopic (exact) mass is 223 g/mol. The molecule has 0 aliphatic carbocycles. The molecule has 0 saturated carbocycles. The van der Waals surface area contributed by atoms with Crippen LogP contribution in [0.1, 0.15) is 17.4 Å². The Hall–Kier alpha value is -1.49. The third kappa shape index (κ3) is 2.04. The van der Waals surface area contributed by atoms with Gasteiger partial charge in [0.25, 0.3) is 5.91 Å². The molecule has 0 atom stereocenters. The molecule has 0 unspecified atom stereocenters. The molecule has 1 aromatic heterocycles. The predicted molar refractivity (Wildman–Crippen MR) is 61.2 cm³/mol. The largest absolute Gasteiger partial charge is 0.397 e. The van der Waals surface area contributed by atoms with Crippen LogP contribution < -0.4 is 5.73 Å². The number of hydrogen-bond acceptors (Lipinski definition) is 3. The summed E-state index contributed by atoms with van der Waals surface area (Å²) in [6.07, 6.45) is 1.80. The molecular formula is C11H17N3O2. The quantitative estimate of drug-likeness (QED) is 0.797. The molecule has 16 heavy (non-hydrogen) atoms. The summed E-state index contributed by atoms with van der Waals surface area (Å²) in [6, 6.07) is 1.74.